The van der Waals surface area contributed by atoms with Crippen molar-refractivity contribution in [3.63, 3.8) is 0 Å². The fourth-order valence-corrected chi connectivity index (χ4v) is 3.54. The summed E-state index contributed by atoms with van der Waals surface area (Å²) in [6.45, 7) is 2.87. The smallest absolute Gasteiger partial charge is 0.229 e. The van der Waals surface area contributed by atoms with Crippen molar-refractivity contribution in [1.29, 1.82) is 0 Å². The lowest BCUT2D eigenvalue weighted by Gasteiger charge is -2.17. The van der Waals surface area contributed by atoms with Gasteiger partial charge in [0.25, 0.3) is 0 Å². The van der Waals surface area contributed by atoms with E-state index < -0.39 is 0 Å². The molecule has 1 aliphatic rings. The van der Waals surface area contributed by atoms with Gasteiger partial charge >= 0.3 is 0 Å². The first-order chi connectivity index (χ1) is 11.9. The van der Waals surface area contributed by atoms with Gasteiger partial charge < -0.3 is 10.2 Å². The first kappa shape index (κ1) is 18.0. The highest BCUT2D eigenvalue weighted by Gasteiger charge is 2.34. The molecular formula is C19H18BrClN2O2. The summed E-state index contributed by atoms with van der Waals surface area (Å²) >= 11 is 9.47. The number of likely N-dealkylation sites (tertiary alicyclic amines) is 1. The molecule has 2 aromatic rings. The lowest BCUT2D eigenvalue weighted by Crippen LogP contribution is -2.28. The second-order valence-electron chi connectivity index (χ2n) is 6.23. The van der Waals surface area contributed by atoms with E-state index in [-0.39, 0.29) is 24.2 Å². The third kappa shape index (κ3) is 4.22. The summed E-state index contributed by atoms with van der Waals surface area (Å²) in [6, 6.07) is 13.4. The molecule has 1 atom stereocenters. The molecular weight excluding hydrogens is 404 g/mol. The molecule has 0 bridgehead atoms. The molecule has 3 rings (SSSR count). The zero-order chi connectivity index (χ0) is 18.0. The SMILES string of the molecule is Cc1cc(Br)c(Cl)cc1NC(=O)[C@@H]1CC(=O)N(Cc2ccccc2)C1. The fourth-order valence-electron chi connectivity index (χ4n) is 2.92. The highest BCUT2D eigenvalue weighted by atomic mass is 79.9. The molecule has 1 fully saturated rings. The zero-order valence-electron chi connectivity index (χ0n) is 13.8. The number of halogens is 2. The normalized spacial score (nSPS) is 17.0. The minimum absolute atomic E-state index is 0.00886. The Kier molecular flexibility index (Phi) is 5.45. The van der Waals surface area contributed by atoms with E-state index in [4.69, 9.17) is 11.6 Å². The standard InChI is InChI=1S/C19H18BrClN2O2/c1-12-7-15(20)16(21)9-17(12)22-19(25)14-8-18(24)23(11-14)10-13-5-3-2-4-6-13/h2-7,9,14H,8,10-11H2,1H3,(H,22,25)/t14-/m1/s1. The monoisotopic (exact) mass is 420 g/mol. The van der Waals surface area contributed by atoms with Crippen LogP contribution in [0.4, 0.5) is 5.69 Å². The number of nitrogens with zero attached hydrogens (tertiary/aromatic N) is 1. The van der Waals surface area contributed by atoms with Crippen LogP contribution < -0.4 is 5.32 Å². The van der Waals surface area contributed by atoms with E-state index >= 15 is 0 Å². The molecule has 2 amide bonds. The van der Waals surface area contributed by atoms with Crippen LogP contribution in [0.5, 0.6) is 0 Å². The molecule has 0 radical (unpaired) electrons. The van der Waals surface area contributed by atoms with E-state index in [0.717, 1.165) is 15.6 Å². The van der Waals surface area contributed by atoms with Crippen molar-refractivity contribution in [2.45, 2.75) is 19.9 Å². The van der Waals surface area contributed by atoms with Crippen molar-refractivity contribution in [2.24, 2.45) is 5.92 Å². The molecule has 4 nitrogen and oxygen atoms in total. The van der Waals surface area contributed by atoms with Crippen LogP contribution >= 0.6 is 27.5 Å². The van der Waals surface area contributed by atoms with Crippen LogP contribution in [0.25, 0.3) is 0 Å². The van der Waals surface area contributed by atoms with Crippen LogP contribution in [0.1, 0.15) is 17.5 Å². The zero-order valence-corrected chi connectivity index (χ0v) is 16.1. The van der Waals surface area contributed by atoms with Crippen LogP contribution in [0.15, 0.2) is 46.9 Å². The third-order valence-electron chi connectivity index (χ3n) is 4.33. The van der Waals surface area contributed by atoms with Gasteiger partial charge in [-0.2, -0.15) is 0 Å². The average Bonchev–Trinajstić information content (AvgIpc) is 2.94. The molecule has 1 heterocycles. The molecule has 25 heavy (non-hydrogen) atoms. The highest BCUT2D eigenvalue weighted by molar-refractivity contribution is 9.10. The number of benzene rings is 2. The van der Waals surface area contributed by atoms with Gasteiger partial charge in [0.15, 0.2) is 0 Å². The summed E-state index contributed by atoms with van der Waals surface area (Å²) in [7, 11) is 0. The van der Waals surface area contributed by atoms with Crippen molar-refractivity contribution >= 4 is 45.0 Å². The van der Waals surface area contributed by atoms with Gasteiger partial charge in [-0.3, -0.25) is 9.59 Å². The first-order valence-electron chi connectivity index (χ1n) is 8.02. The number of hydrogen-bond acceptors (Lipinski definition) is 2. The maximum absolute atomic E-state index is 12.6. The van der Waals surface area contributed by atoms with Gasteiger partial charge in [0.1, 0.15) is 0 Å². The Hall–Kier alpha value is -1.85. The van der Waals surface area contributed by atoms with Gasteiger partial charge in [0, 0.05) is 29.7 Å². The van der Waals surface area contributed by atoms with Crippen molar-refractivity contribution in [3.8, 4) is 0 Å². The van der Waals surface area contributed by atoms with Crippen molar-refractivity contribution < 1.29 is 9.59 Å². The second kappa shape index (κ2) is 7.58. The summed E-state index contributed by atoms with van der Waals surface area (Å²) in [5.41, 5.74) is 2.65. The Morgan fingerprint density at radius 2 is 2.04 bits per heavy atom. The second-order valence-corrected chi connectivity index (χ2v) is 7.49. The van der Waals surface area contributed by atoms with Gasteiger partial charge in [-0.05, 0) is 46.1 Å². The lowest BCUT2D eigenvalue weighted by atomic mass is 10.1. The van der Waals surface area contributed by atoms with Gasteiger partial charge in [-0.15, -0.1) is 0 Å². The average molecular weight is 422 g/mol. The molecule has 0 saturated carbocycles. The number of nitrogens with one attached hydrogen (secondary N) is 1. The lowest BCUT2D eigenvalue weighted by molar-refractivity contribution is -0.128. The molecule has 1 aliphatic heterocycles. The van der Waals surface area contributed by atoms with Crippen molar-refractivity contribution in [2.75, 3.05) is 11.9 Å². The van der Waals surface area contributed by atoms with Gasteiger partial charge in [-0.25, -0.2) is 0 Å². The number of carbonyl (C=O) groups excluding carboxylic acids is 2. The molecule has 2 aromatic carbocycles. The van der Waals surface area contributed by atoms with Gasteiger partial charge in [0.2, 0.25) is 11.8 Å². The minimum atomic E-state index is -0.349. The van der Waals surface area contributed by atoms with E-state index in [9.17, 15) is 9.59 Å². The number of anilines is 1. The molecule has 130 valence electrons. The summed E-state index contributed by atoms with van der Waals surface area (Å²) < 4.78 is 0.787. The predicted molar refractivity (Wildman–Crippen MR) is 102 cm³/mol. The molecule has 0 aromatic heterocycles. The summed E-state index contributed by atoms with van der Waals surface area (Å²) in [6.07, 6.45) is 0.238. The maximum atomic E-state index is 12.6. The fraction of sp³-hybridized carbons (Fsp3) is 0.263. The van der Waals surface area contributed by atoms with E-state index in [1.807, 2.05) is 43.3 Å². The third-order valence-corrected chi connectivity index (χ3v) is 5.52. The van der Waals surface area contributed by atoms with Crippen molar-refractivity contribution in [3.05, 3.63) is 63.1 Å². The van der Waals surface area contributed by atoms with Gasteiger partial charge in [0.05, 0.1) is 10.9 Å². The van der Waals surface area contributed by atoms with E-state index in [2.05, 4.69) is 21.2 Å². The number of hydrogen-bond donors (Lipinski definition) is 1. The molecule has 0 unspecified atom stereocenters. The Morgan fingerprint density at radius 1 is 1.32 bits per heavy atom. The van der Waals surface area contributed by atoms with Crippen LogP contribution in [0.2, 0.25) is 5.02 Å². The van der Waals surface area contributed by atoms with E-state index in [1.54, 1.807) is 11.0 Å². The topological polar surface area (TPSA) is 49.4 Å². The van der Waals surface area contributed by atoms with Crippen LogP contribution in [-0.4, -0.2) is 23.3 Å². The summed E-state index contributed by atoms with van der Waals surface area (Å²) in [4.78, 5) is 26.5. The Balaban J connectivity index is 1.66. The summed E-state index contributed by atoms with van der Waals surface area (Å²) in [5, 5.41) is 3.44. The predicted octanol–water partition coefficient (Wildman–Crippen LogP) is 4.40. The Morgan fingerprint density at radius 3 is 2.76 bits per heavy atom. The van der Waals surface area contributed by atoms with E-state index in [1.165, 1.54) is 0 Å². The van der Waals surface area contributed by atoms with Crippen LogP contribution in [0.3, 0.4) is 0 Å². The van der Waals surface area contributed by atoms with Crippen LogP contribution in [0, 0.1) is 12.8 Å². The minimum Gasteiger partial charge on any atom is -0.338 e. The Bertz CT molecular complexity index is 811. The quantitative estimate of drug-likeness (QED) is 0.795. The highest BCUT2D eigenvalue weighted by Crippen LogP contribution is 2.30. The molecule has 1 saturated heterocycles. The molecule has 1 N–H and O–H groups in total. The van der Waals surface area contributed by atoms with Crippen LogP contribution in [-0.2, 0) is 16.1 Å². The van der Waals surface area contributed by atoms with Crippen molar-refractivity contribution in [1.82, 2.24) is 4.90 Å². The number of rotatable bonds is 4. The molecule has 0 spiro atoms. The number of carbonyl (C=O) groups is 2. The molecule has 6 heteroatoms. The van der Waals surface area contributed by atoms with Gasteiger partial charge in [-0.1, -0.05) is 41.9 Å². The Labute approximate surface area is 160 Å². The summed E-state index contributed by atoms with van der Waals surface area (Å²) in [5.74, 6) is -0.488. The maximum Gasteiger partial charge on any atom is 0.229 e. The largest absolute Gasteiger partial charge is 0.338 e. The molecule has 0 aliphatic carbocycles. The number of amides is 2. The number of aryl methyl sites for hydroxylation is 1. The first-order valence-corrected chi connectivity index (χ1v) is 9.19. The van der Waals surface area contributed by atoms with E-state index in [0.29, 0.717) is 23.8 Å².